The lowest BCUT2D eigenvalue weighted by molar-refractivity contribution is 0.265. The van der Waals surface area contributed by atoms with E-state index in [2.05, 4.69) is 0 Å². The minimum atomic E-state index is -0.741. The molecular formula is C9H13ClFNO2. The Labute approximate surface area is 87.8 Å². The first-order chi connectivity index (χ1) is 6.06. The molecule has 3 nitrogen and oxygen atoms in total. The third kappa shape index (κ3) is 2.57. The van der Waals surface area contributed by atoms with Gasteiger partial charge in [0.1, 0.15) is 11.6 Å². The fourth-order valence-electron chi connectivity index (χ4n) is 1.14. The normalized spacial score (nSPS) is 12.0. The van der Waals surface area contributed by atoms with Gasteiger partial charge in [0.2, 0.25) is 0 Å². The molecule has 0 spiro atoms. The average molecular weight is 222 g/mol. The molecule has 0 saturated carbocycles. The van der Waals surface area contributed by atoms with Crippen LogP contribution in [0.15, 0.2) is 12.1 Å². The van der Waals surface area contributed by atoms with Gasteiger partial charge in [-0.05, 0) is 24.6 Å². The Bertz CT molecular complexity index is 320. The number of nitrogens with two attached hydrogens (primary N) is 1. The number of phenols is 1. The van der Waals surface area contributed by atoms with Crippen molar-refractivity contribution in [1.29, 1.82) is 0 Å². The van der Waals surface area contributed by atoms with Crippen LogP contribution >= 0.6 is 12.4 Å². The number of phenolic OH excluding ortho intramolecular Hbond substituents is 1. The minimum absolute atomic E-state index is 0. The highest BCUT2D eigenvalue weighted by atomic mass is 35.5. The first-order valence-corrected chi connectivity index (χ1v) is 3.91. The van der Waals surface area contributed by atoms with Gasteiger partial charge in [-0.3, -0.25) is 0 Å². The third-order valence-electron chi connectivity index (χ3n) is 1.89. The molecule has 0 aliphatic heterocycles. The summed E-state index contributed by atoms with van der Waals surface area (Å²) < 4.78 is 12.9. The Hall–Kier alpha value is -0.840. The van der Waals surface area contributed by atoms with Crippen molar-refractivity contribution >= 4 is 12.4 Å². The zero-order valence-corrected chi connectivity index (χ0v) is 8.51. The smallest absolute Gasteiger partial charge is 0.124 e. The molecule has 1 rings (SSSR count). The summed E-state index contributed by atoms with van der Waals surface area (Å²) in [6.07, 6.45) is 0. The first-order valence-electron chi connectivity index (χ1n) is 3.91. The Morgan fingerprint density at radius 1 is 1.50 bits per heavy atom. The van der Waals surface area contributed by atoms with E-state index in [-0.39, 0.29) is 30.3 Å². The lowest BCUT2D eigenvalue weighted by Crippen LogP contribution is -2.15. The van der Waals surface area contributed by atoms with Gasteiger partial charge in [0.15, 0.2) is 0 Å². The van der Waals surface area contributed by atoms with Crippen molar-refractivity contribution in [3.05, 3.63) is 29.1 Å². The highest BCUT2D eigenvalue weighted by molar-refractivity contribution is 5.85. The molecule has 0 radical (unpaired) electrons. The molecule has 0 aliphatic carbocycles. The molecule has 0 fully saturated rings. The van der Waals surface area contributed by atoms with Crippen LogP contribution in [-0.2, 0) is 0 Å². The number of aliphatic hydroxyl groups is 1. The van der Waals surface area contributed by atoms with Gasteiger partial charge in [0.25, 0.3) is 0 Å². The Balaban J connectivity index is 0.00000169. The fourth-order valence-corrected chi connectivity index (χ4v) is 1.14. The maximum absolute atomic E-state index is 12.9. The molecule has 0 aromatic heterocycles. The van der Waals surface area contributed by atoms with Crippen molar-refractivity contribution in [3.63, 3.8) is 0 Å². The molecule has 1 atom stereocenters. The maximum atomic E-state index is 12.9. The second-order valence-electron chi connectivity index (χ2n) is 2.95. The Kier molecular flexibility index (Phi) is 4.83. The SMILES string of the molecule is Cc1cc(F)cc([C@H](N)CO)c1O.Cl. The van der Waals surface area contributed by atoms with E-state index in [9.17, 15) is 9.50 Å². The summed E-state index contributed by atoms with van der Waals surface area (Å²) >= 11 is 0. The summed E-state index contributed by atoms with van der Waals surface area (Å²) in [7, 11) is 0. The largest absolute Gasteiger partial charge is 0.507 e. The highest BCUT2D eigenvalue weighted by Gasteiger charge is 2.13. The quantitative estimate of drug-likeness (QED) is 0.704. The van der Waals surface area contributed by atoms with Gasteiger partial charge in [-0.1, -0.05) is 0 Å². The molecular weight excluding hydrogens is 209 g/mol. The van der Waals surface area contributed by atoms with Crippen molar-refractivity contribution in [3.8, 4) is 5.75 Å². The minimum Gasteiger partial charge on any atom is -0.507 e. The molecule has 5 heteroatoms. The monoisotopic (exact) mass is 221 g/mol. The number of aliphatic hydroxyl groups excluding tert-OH is 1. The van der Waals surface area contributed by atoms with Crippen LogP contribution in [0.4, 0.5) is 4.39 Å². The first kappa shape index (κ1) is 13.2. The van der Waals surface area contributed by atoms with Gasteiger partial charge in [-0.15, -0.1) is 12.4 Å². The number of hydrogen-bond acceptors (Lipinski definition) is 3. The molecule has 1 aromatic carbocycles. The standard InChI is InChI=1S/C9H12FNO2.ClH/c1-5-2-6(10)3-7(9(5)13)8(11)4-12;/h2-3,8,12-13H,4,11H2,1H3;1H/t8-;/m1./s1. The van der Waals surface area contributed by atoms with E-state index in [0.717, 1.165) is 6.07 Å². The highest BCUT2D eigenvalue weighted by Crippen LogP contribution is 2.27. The van der Waals surface area contributed by atoms with E-state index in [1.165, 1.54) is 6.07 Å². The van der Waals surface area contributed by atoms with Crippen molar-refractivity contribution in [2.75, 3.05) is 6.61 Å². The molecule has 14 heavy (non-hydrogen) atoms. The average Bonchev–Trinajstić information content (AvgIpc) is 2.10. The molecule has 0 amide bonds. The van der Waals surface area contributed by atoms with Gasteiger partial charge in [0.05, 0.1) is 12.6 Å². The topological polar surface area (TPSA) is 66.5 Å². The van der Waals surface area contributed by atoms with E-state index in [4.69, 9.17) is 10.8 Å². The fraction of sp³-hybridized carbons (Fsp3) is 0.333. The van der Waals surface area contributed by atoms with Crippen LogP contribution < -0.4 is 5.73 Å². The van der Waals surface area contributed by atoms with Crippen LogP contribution in [0.3, 0.4) is 0 Å². The summed E-state index contributed by atoms with van der Waals surface area (Å²) in [5, 5.41) is 18.2. The van der Waals surface area contributed by atoms with Gasteiger partial charge < -0.3 is 15.9 Å². The Morgan fingerprint density at radius 3 is 2.57 bits per heavy atom. The van der Waals surface area contributed by atoms with Gasteiger partial charge >= 0.3 is 0 Å². The van der Waals surface area contributed by atoms with Crippen LogP contribution in [0.5, 0.6) is 5.75 Å². The van der Waals surface area contributed by atoms with E-state index >= 15 is 0 Å². The zero-order chi connectivity index (χ0) is 10.0. The maximum Gasteiger partial charge on any atom is 0.124 e. The summed E-state index contributed by atoms with van der Waals surface area (Å²) in [5.41, 5.74) is 6.11. The van der Waals surface area contributed by atoms with Crippen LogP contribution in [0.25, 0.3) is 0 Å². The second-order valence-corrected chi connectivity index (χ2v) is 2.95. The molecule has 1 aromatic rings. The van der Waals surface area contributed by atoms with Gasteiger partial charge in [-0.25, -0.2) is 4.39 Å². The molecule has 0 unspecified atom stereocenters. The van der Waals surface area contributed by atoms with E-state index in [1.54, 1.807) is 6.92 Å². The molecule has 4 N–H and O–H groups in total. The predicted molar refractivity (Wildman–Crippen MR) is 54.1 cm³/mol. The van der Waals surface area contributed by atoms with Crippen molar-refractivity contribution in [2.24, 2.45) is 5.73 Å². The summed E-state index contributed by atoms with van der Waals surface area (Å²) in [6.45, 7) is 1.25. The molecule has 0 aliphatic rings. The molecule has 0 saturated heterocycles. The van der Waals surface area contributed by atoms with Crippen molar-refractivity contribution in [2.45, 2.75) is 13.0 Å². The lowest BCUT2D eigenvalue weighted by Gasteiger charge is -2.12. The predicted octanol–water partition coefficient (Wildman–Crippen LogP) is 1.25. The van der Waals surface area contributed by atoms with Crippen LogP contribution in [0, 0.1) is 12.7 Å². The summed E-state index contributed by atoms with van der Waals surface area (Å²) in [4.78, 5) is 0. The number of rotatable bonds is 2. The number of aromatic hydroxyl groups is 1. The van der Waals surface area contributed by atoms with Crippen molar-refractivity contribution in [1.82, 2.24) is 0 Å². The Morgan fingerprint density at radius 2 is 2.07 bits per heavy atom. The van der Waals surface area contributed by atoms with Crippen LogP contribution in [-0.4, -0.2) is 16.8 Å². The van der Waals surface area contributed by atoms with Crippen LogP contribution in [0.1, 0.15) is 17.2 Å². The zero-order valence-electron chi connectivity index (χ0n) is 7.70. The van der Waals surface area contributed by atoms with E-state index < -0.39 is 11.9 Å². The van der Waals surface area contributed by atoms with Gasteiger partial charge in [0, 0.05) is 5.56 Å². The summed E-state index contributed by atoms with van der Waals surface area (Å²) in [6, 6.07) is 1.60. The molecule has 0 heterocycles. The van der Waals surface area contributed by atoms with E-state index in [1.807, 2.05) is 0 Å². The number of hydrogen-bond donors (Lipinski definition) is 3. The number of aryl methyl sites for hydroxylation is 1. The summed E-state index contributed by atoms with van der Waals surface area (Å²) in [5.74, 6) is -0.517. The van der Waals surface area contributed by atoms with Gasteiger partial charge in [-0.2, -0.15) is 0 Å². The van der Waals surface area contributed by atoms with Crippen molar-refractivity contribution < 1.29 is 14.6 Å². The second kappa shape index (κ2) is 5.14. The third-order valence-corrected chi connectivity index (χ3v) is 1.89. The van der Waals surface area contributed by atoms with Crippen LogP contribution in [0.2, 0.25) is 0 Å². The lowest BCUT2D eigenvalue weighted by atomic mass is 10.0. The van der Waals surface area contributed by atoms with E-state index in [0.29, 0.717) is 5.56 Å². The number of halogens is 2. The number of benzene rings is 1. The molecule has 0 bridgehead atoms. The molecule has 80 valence electrons.